The molecule has 1 aliphatic heterocycles. The van der Waals surface area contributed by atoms with Crippen LogP contribution >= 0.6 is 11.3 Å². The first-order valence-corrected chi connectivity index (χ1v) is 10.4. The highest BCUT2D eigenvalue weighted by Gasteiger charge is 2.20. The molecule has 0 saturated carbocycles. The summed E-state index contributed by atoms with van der Waals surface area (Å²) in [6, 6.07) is 15.5. The van der Waals surface area contributed by atoms with Crippen LogP contribution in [-0.4, -0.2) is 46.1 Å². The predicted molar refractivity (Wildman–Crippen MR) is 110 cm³/mol. The summed E-state index contributed by atoms with van der Waals surface area (Å²) in [5, 5.41) is 9.63. The molecular formula is C21H22N4O2S. The van der Waals surface area contributed by atoms with E-state index in [0.29, 0.717) is 25.2 Å². The Labute approximate surface area is 167 Å². The van der Waals surface area contributed by atoms with E-state index < -0.39 is 0 Å². The van der Waals surface area contributed by atoms with Gasteiger partial charge in [-0.2, -0.15) is 5.10 Å². The number of amides is 2. The summed E-state index contributed by atoms with van der Waals surface area (Å²) >= 11 is 1.60. The number of aromatic nitrogens is 2. The molecule has 28 heavy (non-hydrogen) atoms. The third-order valence-electron chi connectivity index (χ3n) is 4.78. The molecule has 7 heteroatoms. The maximum Gasteiger partial charge on any atom is 0.270 e. The van der Waals surface area contributed by atoms with Crippen molar-refractivity contribution >= 4 is 23.2 Å². The Bertz CT molecular complexity index is 950. The molecule has 0 radical (unpaired) electrons. The van der Waals surface area contributed by atoms with E-state index >= 15 is 0 Å². The van der Waals surface area contributed by atoms with Crippen molar-refractivity contribution in [3.8, 4) is 16.3 Å². The molecule has 2 aromatic heterocycles. The van der Waals surface area contributed by atoms with E-state index in [1.165, 1.54) is 0 Å². The monoisotopic (exact) mass is 394 g/mol. The van der Waals surface area contributed by atoms with Crippen molar-refractivity contribution in [2.75, 3.05) is 19.6 Å². The Morgan fingerprint density at radius 2 is 2.04 bits per heavy atom. The minimum atomic E-state index is -0.160. The van der Waals surface area contributed by atoms with Gasteiger partial charge in [0.2, 0.25) is 5.91 Å². The number of nitrogens with one attached hydrogen (secondary N) is 1. The van der Waals surface area contributed by atoms with Gasteiger partial charge in [0.15, 0.2) is 0 Å². The summed E-state index contributed by atoms with van der Waals surface area (Å²) in [4.78, 5) is 27.4. The van der Waals surface area contributed by atoms with Crippen LogP contribution in [0.2, 0.25) is 0 Å². The van der Waals surface area contributed by atoms with Crippen molar-refractivity contribution in [1.29, 1.82) is 0 Å². The van der Waals surface area contributed by atoms with Gasteiger partial charge < -0.3 is 10.2 Å². The summed E-state index contributed by atoms with van der Waals surface area (Å²) < 4.78 is 1.69. The Kier molecular flexibility index (Phi) is 5.53. The molecule has 0 aliphatic carbocycles. The lowest BCUT2D eigenvalue weighted by Crippen LogP contribution is -2.31. The fourth-order valence-electron chi connectivity index (χ4n) is 3.36. The Hall–Kier alpha value is -2.93. The van der Waals surface area contributed by atoms with Gasteiger partial charge in [-0.15, -0.1) is 11.3 Å². The van der Waals surface area contributed by atoms with E-state index in [9.17, 15) is 9.59 Å². The number of para-hydroxylation sites is 1. The van der Waals surface area contributed by atoms with Crippen LogP contribution < -0.4 is 5.32 Å². The second kappa shape index (κ2) is 8.39. The molecule has 1 saturated heterocycles. The molecule has 6 nitrogen and oxygen atoms in total. The molecule has 0 spiro atoms. The second-order valence-electron chi connectivity index (χ2n) is 6.73. The quantitative estimate of drug-likeness (QED) is 0.625. The molecule has 3 aromatic rings. The first-order valence-electron chi connectivity index (χ1n) is 9.48. The SMILES string of the molecule is O=C(NCCCN1CCCC1=O)c1cc(-c2cccs2)nn1-c1ccccc1. The lowest BCUT2D eigenvalue weighted by molar-refractivity contribution is -0.127. The van der Waals surface area contributed by atoms with Crippen molar-refractivity contribution in [2.24, 2.45) is 0 Å². The Morgan fingerprint density at radius 3 is 2.75 bits per heavy atom. The van der Waals surface area contributed by atoms with E-state index in [2.05, 4.69) is 10.4 Å². The number of carbonyl (C=O) groups is 2. The maximum atomic E-state index is 12.8. The molecule has 1 aliphatic rings. The zero-order chi connectivity index (χ0) is 19.3. The van der Waals surface area contributed by atoms with E-state index in [1.807, 2.05) is 58.8 Å². The molecule has 4 rings (SSSR count). The highest BCUT2D eigenvalue weighted by atomic mass is 32.1. The Morgan fingerprint density at radius 1 is 1.18 bits per heavy atom. The van der Waals surface area contributed by atoms with Gasteiger partial charge in [0, 0.05) is 26.1 Å². The van der Waals surface area contributed by atoms with E-state index in [0.717, 1.165) is 35.6 Å². The van der Waals surface area contributed by atoms with Gasteiger partial charge in [0.1, 0.15) is 11.4 Å². The van der Waals surface area contributed by atoms with E-state index in [4.69, 9.17) is 0 Å². The molecule has 1 aromatic carbocycles. The summed E-state index contributed by atoms with van der Waals surface area (Å²) in [5.41, 5.74) is 2.14. The zero-order valence-electron chi connectivity index (χ0n) is 15.5. The van der Waals surface area contributed by atoms with Gasteiger partial charge in [-0.25, -0.2) is 4.68 Å². The molecule has 1 fully saturated rings. The number of nitrogens with zero attached hydrogens (tertiary/aromatic N) is 3. The molecule has 144 valence electrons. The van der Waals surface area contributed by atoms with Gasteiger partial charge in [0.25, 0.3) is 5.91 Å². The summed E-state index contributed by atoms with van der Waals surface area (Å²) in [5.74, 6) is 0.0565. The van der Waals surface area contributed by atoms with Crippen LogP contribution in [0, 0.1) is 0 Å². The number of thiophene rings is 1. The van der Waals surface area contributed by atoms with Crippen molar-refractivity contribution in [3.63, 3.8) is 0 Å². The normalized spacial score (nSPS) is 13.9. The molecule has 0 unspecified atom stereocenters. The summed E-state index contributed by atoms with van der Waals surface area (Å²) in [7, 11) is 0. The molecular weight excluding hydrogens is 372 g/mol. The first-order chi connectivity index (χ1) is 13.7. The average molecular weight is 395 g/mol. The Balaban J connectivity index is 1.47. The number of hydrogen-bond acceptors (Lipinski definition) is 4. The lowest BCUT2D eigenvalue weighted by Gasteiger charge is -2.15. The number of likely N-dealkylation sites (tertiary alicyclic amines) is 1. The highest BCUT2D eigenvalue weighted by molar-refractivity contribution is 7.13. The minimum Gasteiger partial charge on any atom is -0.351 e. The second-order valence-corrected chi connectivity index (χ2v) is 7.68. The fraction of sp³-hybridized carbons (Fsp3) is 0.286. The topological polar surface area (TPSA) is 67.2 Å². The molecule has 3 heterocycles. The van der Waals surface area contributed by atoms with Crippen molar-refractivity contribution in [2.45, 2.75) is 19.3 Å². The number of benzene rings is 1. The van der Waals surface area contributed by atoms with Gasteiger partial charge in [-0.05, 0) is 42.5 Å². The van der Waals surface area contributed by atoms with Crippen LogP contribution in [0.3, 0.4) is 0 Å². The lowest BCUT2D eigenvalue weighted by atomic mass is 10.2. The van der Waals surface area contributed by atoms with Gasteiger partial charge in [-0.1, -0.05) is 24.3 Å². The molecule has 0 atom stereocenters. The van der Waals surface area contributed by atoms with Crippen molar-refractivity contribution < 1.29 is 9.59 Å². The molecule has 2 amide bonds. The van der Waals surface area contributed by atoms with Gasteiger partial charge in [-0.3, -0.25) is 9.59 Å². The highest BCUT2D eigenvalue weighted by Crippen LogP contribution is 2.25. The number of rotatable bonds is 7. The van der Waals surface area contributed by atoms with Crippen molar-refractivity contribution in [1.82, 2.24) is 20.0 Å². The number of carbonyl (C=O) groups excluding carboxylic acids is 2. The standard InChI is InChI=1S/C21H22N4O2S/c26-20-10-4-12-24(20)13-6-11-22-21(27)18-15-17(19-9-5-14-28-19)23-25(18)16-7-2-1-3-8-16/h1-3,5,7-9,14-15H,4,6,10-13H2,(H,22,27). The smallest absolute Gasteiger partial charge is 0.270 e. The summed E-state index contributed by atoms with van der Waals surface area (Å²) in [6.45, 7) is 2.05. The third-order valence-corrected chi connectivity index (χ3v) is 5.67. The average Bonchev–Trinajstić information content (AvgIpc) is 3.46. The predicted octanol–water partition coefficient (Wildman–Crippen LogP) is 3.34. The van der Waals surface area contributed by atoms with Crippen LogP contribution in [0.15, 0.2) is 53.9 Å². The fourth-order valence-corrected chi connectivity index (χ4v) is 4.04. The third kappa shape index (κ3) is 3.99. The van der Waals surface area contributed by atoms with Gasteiger partial charge >= 0.3 is 0 Å². The van der Waals surface area contributed by atoms with Crippen molar-refractivity contribution in [3.05, 3.63) is 59.6 Å². The zero-order valence-corrected chi connectivity index (χ0v) is 16.3. The van der Waals surface area contributed by atoms with Crippen LogP contribution in [0.5, 0.6) is 0 Å². The van der Waals surface area contributed by atoms with Crippen LogP contribution in [-0.2, 0) is 4.79 Å². The molecule has 0 bridgehead atoms. The molecule has 1 N–H and O–H groups in total. The minimum absolute atomic E-state index is 0.160. The van der Waals surface area contributed by atoms with E-state index in [1.54, 1.807) is 16.0 Å². The first kappa shape index (κ1) is 18.4. The largest absolute Gasteiger partial charge is 0.351 e. The van der Waals surface area contributed by atoms with Crippen LogP contribution in [0.4, 0.5) is 0 Å². The van der Waals surface area contributed by atoms with Crippen LogP contribution in [0.25, 0.3) is 16.3 Å². The van der Waals surface area contributed by atoms with Gasteiger partial charge in [0.05, 0.1) is 10.6 Å². The maximum absolute atomic E-state index is 12.8. The summed E-state index contributed by atoms with van der Waals surface area (Å²) in [6.07, 6.45) is 2.33. The number of hydrogen-bond donors (Lipinski definition) is 1. The van der Waals surface area contributed by atoms with E-state index in [-0.39, 0.29) is 11.8 Å². The van der Waals surface area contributed by atoms with Crippen LogP contribution in [0.1, 0.15) is 29.8 Å².